The molecule has 1 saturated carbocycles. The first-order valence-corrected chi connectivity index (χ1v) is 7.54. The number of fused-ring (bicyclic) bond motifs is 1. The van der Waals surface area contributed by atoms with Gasteiger partial charge in [0, 0.05) is 43.7 Å². The predicted octanol–water partition coefficient (Wildman–Crippen LogP) is 1.80. The van der Waals surface area contributed by atoms with Gasteiger partial charge in [-0.1, -0.05) is 18.2 Å². The molecule has 2 N–H and O–H groups in total. The lowest BCUT2D eigenvalue weighted by Crippen LogP contribution is -2.34. The number of carbonyl (C=O) groups is 1. The summed E-state index contributed by atoms with van der Waals surface area (Å²) in [5, 5.41) is 6.41. The lowest BCUT2D eigenvalue weighted by molar-refractivity contribution is -0.121. The summed E-state index contributed by atoms with van der Waals surface area (Å²) in [6.45, 7) is 2.58. The van der Waals surface area contributed by atoms with Crippen LogP contribution in [0.25, 0.3) is 0 Å². The van der Waals surface area contributed by atoms with E-state index in [2.05, 4.69) is 34.7 Å². The Morgan fingerprint density at radius 1 is 1.40 bits per heavy atom. The summed E-state index contributed by atoms with van der Waals surface area (Å²) in [5.74, 6) is 0.477. The standard InChI is InChI=1S/C16H23N3O/c1-19(13-6-7-13)9-8-17-16(20)10-12-11-18-15-5-3-2-4-14(12)15/h2-5,12-13,18H,6-11H2,1H3,(H,17,20). The number of hydrogen-bond donors (Lipinski definition) is 2. The van der Waals surface area contributed by atoms with E-state index in [1.165, 1.54) is 24.1 Å². The van der Waals surface area contributed by atoms with Gasteiger partial charge in [-0.2, -0.15) is 0 Å². The summed E-state index contributed by atoms with van der Waals surface area (Å²) >= 11 is 0. The number of rotatable bonds is 6. The van der Waals surface area contributed by atoms with Gasteiger partial charge < -0.3 is 15.5 Å². The van der Waals surface area contributed by atoms with Crippen molar-refractivity contribution < 1.29 is 4.79 Å². The van der Waals surface area contributed by atoms with Crippen molar-refractivity contribution >= 4 is 11.6 Å². The molecule has 0 bridgehead atoms. The van der Waals surface area contributed by atoms with Crippen LogP contribution in [-0.2, 0) is 4.79 Å². The zero-order chi connectivity index (χ0) is 13.9. The van der Waals surface area contributed by atoms with Crippen LogP contribution in [0.4, 0.5) is 5.69 Å². The molecule has 1 aromatic rings. The Morgan fingerprint density at radius 2 is 2.20 bits per heavy atom. The third kappa shape index (κ3) is 3.12. The minimum absolute atomic E-state index is 0.165. The molecule has 1 aliphatic heterocycles. The zero-order valence-electron chi connectivity index (χ0n) is 12.1. The van der Waals surface area contributed by atoms with E-state index in [4.69, 9.17) is 0 Å². The fourth-order valence-corrected chi connectivity index (χ4v) is 2.90. The van der Waals surface area contributed by atoms with Crippen LogP contribution in [0.2, 0.25) is 0 Å². The Kier molecular flexibility index (Phi) is 3.92. The zero-order valence-corrected chi connectivity index (χ0v) is 12.1. The van der Waals surface area contributed by atoms with Crippen LogP contribution in [0.5, 0.6) is 0 Å². The van der Waals surface area contributed by atoms with E-state index in [1.54, 1.807) is 0 Å². The lowest BCUT2D eigenvalue weighted by atomic mass is 9.98. The maximum atomic E-state index is 12.0. The molecule has 1 aromatic carbocycles. The highest BCUT2D eigenvalue weighted by Crippen LogP contribution is 2.33. The Morgan fingerprint density at radius 3 is 3.00 bits per heavy atom. The van der Waals surface area contributed by atoms with Crippen molar-refractivity contribution in [3.05, 3.63) is 29.8 Å². The van der Waals surface area contributed by atoms with E-state index in [9.17, 15) is 4.79 Å². The van der Waals surface area contributed by atoms with Crippen molar-refractivity contribution in [2.45, 2.75) is 31.2 Å². The van der Waals surface area contributed by atoms with Gasteiger partial charge in [-0.3, -0.25) is 4.79 Å². The predicted molar refractivity (Wildman–Crippen MR) is 81.0 cm³/mol. The van der Waals surface area contributed by atoms with E-state index >= 15 is 0 Å². The third-order valence-electron chi connectivity index (χ3n) is 4.33. The lowest BCUT2D eigenvalue weighted by Gasteiger charge is -2.16. The molecule has 3 rings (SSSR count). The molecule has 0 saturated heterocycles. The number of benzene rings is 1. The smallest absolute Gasteiger partial charge is 0.220 e. The van der Waals surface area contributed by atoms with Crippen molar-refractivity contribution in [3.63, 3.8) is 0 Å². The molecule has 4 heteroatoms. The average molecular weight is 273 g/mol. The fourth-order valence-electron chi connectivity index (χ4n) is 2.90. The van der Waals surface area contributed by atoms with Crippen molar-refractivity contribution in [3.8, 4) is 0 Å². The van der Waals surface area contributed by atoms with Gasteiger partial charge in [0.2, 0.25) is 5.91 Å². The van der Waals surface area contributed by atoms with E-state index in [-0.39, 0.29) is 5.91 Å². The van der Waals surface area contributed by atoms with Gasteiger partial charge in [-0.25, -0.2) is 0 Å². The molecule has 2 aliphatic rings. The van der Waals surface area contributed by atoms with E-state index < -0.39 is 0 Å². The quantitative estimate of drug-likeness (QED) is 0.830. The summed E-state index contributed by atoms with van der Waals surface area (Å²) in [5.41, 5.74) is 2.46. The van der Waals surface area contributed by atoms with Crippen molar-refractivity contribution in [1.29, 1.82) is 0 Å². The summed E-state index contributed by atoms with van der Waals surface area (Å²) in [7, 11) is 2.14. The molecular weight excluding hydrogens is 250 g/mol. The van der Waals surface area contributed by atoms with Gasteiger partial charge in [0.15, 0.2) is 0 Å². The van der Waals surface area contributed by atoms with Crippen LogP contribution >= 0.6 is 0 Å². The van der Waals surface area contributed by atoms with Crippen LogP contribution in [0.1, 0.15) is 30.7 Å². The Bertz CT molecular complexity index is 484. The number of likely N-dealkylation sites (N-methyl/N-ethyl adjacent to an activating group) is 1. The molecule has 20 heavy (non-hydrogen) atoms. The molecule has 1 aliphatic carbocycles. The Hall–Kier alpha value is -1.55. The number of hydrogen-bond acceptors (Lipinski definition) is 3. The molecule has 1 amide bonds. The number of nitrogens with one attached hydrogen (secondary N) is 2. The minimum Gasteiger partial charge on any atom is -0.384 e. The first kappa shape index (κ1) is 13.4. The molecular formula is C16H23N3O. The number of carbonyl (C=O) groups excluding carboxylic acids is 1. The molecule has 108 valence electrons. The first-order valence-electron chi connectivity index (χ1n) is 7.54. The fraction of sp³-hybridized carbons (Fsp3) is 0.562. The van der Waals surface area contributed by atoms with Crippen LogP contribution in [-0.4, -0.2) is 43.5 Å². The number of anilines is 1. The Labute approximate surface area is 120 Å². The summed E-state index contributed by atoms with van der Waals surface area (Å²) < 4.78 is 0. The number of para-hydroxylation sites is 1. The van der Waals surface area contributed by atoms with Crippen molar-refractivity contribution in [1.82, 2.24) is 10.2 Å². The highest BCUT2D eigenvalue weighted by Gasteiger charge is 2.26. The largest absolute Gasteiger partial charge is 0.384 e. The summed E-state index contributed by atoms with van der Waals surface area (Å²) in [6, 6.07) is 9.03. The van der Waals surface area contributed by atoms with Gasteiger partial charge >= 0.3 is 0 Å². The highest BCUT2D eigenvalue weighted by atomic mass is 16.1. The van der Waals surface area contributed by atoms with Crippen LogP contribution in [0, 0.1) is 0 Å². The second kappa shape index (κ2) is 5.83. The van der Waals surface area contributed by atoms with E-state index in [0.29, 0.717) is 12.3 Å². The van der Waals surface area contributed by atoms with Gasteiger partial charge in [0.1, 0.15) is 0 Å². The van der Waals surface area contributed by atoms with Crippen molar-refractivity contribution in [2.24, 2.45) is 0 Å². The van der Waals surface area contributed by atoms with Crippen LogP contribution < -0.4 is 10.6 Å². The second-order valence-corrected chi connectivity index (χ2v) is 5.93. The SMILES string of the molecule is CN(CCNC(=O)CC1CNc2ccccc21)C1CC1. The van der Waals surface area contributed by atoms with Gasteiger partial charge in [0.05, 0.1) is 0 Å². The second-order valence-electron chi connectivity index (χ2n) is 5.93. The molecule has 1 heterocycles. The molecule has 1 fully saturated rings. The number of amides is 1. The Balaban J connectivity index is 1.43. The van der Waals surface area contributed by atoms with Gasteiger partial charge in [-0.15, -0.1) is 0 Å². The topological polar surface area (TPSA) is 44.4 Å². The molecule has 1 atom stereocenters. The maximum absolute atomic E-state index is 12.0. The van der Waals surface area contributed by atoms with E-state index in [1.807, 2.05) is 12.1 Å². The first-order chi connectivity index (χ1) is 9.74. The molecule has 0 aromatic heterocycles. The van der Waals surface area contributed by atoms with Gasteiger partial charge in [-0.05, 0) is 31.5 Å². The van der Waals surface area contributed by atoms with Crippen LogP contribution in [0.15, 0.2) is 24.3 Å². The summed E-state index contributed by atoms with van der Waals surface area (Å²) in [4.78, 5) is 14.4. The monoisotopic (exact) mass is 273 g/mol. The van der Waals surface area contributed by atoms with E-state index in [0.717, 1.165) is 25.7 Å². The minimum atomic E-state index is 0.165. The molecule has 4 nitrogen and oxygen atoms in total. The number of nitrogens with zero attached hydrogens (tertiary/aromatic N) is 1. The maximum Gasteiger partial charge on any atom is 0.220 e. The molecule has 0 spiro atoms. The molecule has 1 unspecified atom stereocenters. The molecule has 0 radical (unpaired) electrons. The summed E-state index contributed by atoms with van der Waals surface area (Å²) in [6.07, 6.45) is 3.21. The third-order valence-corrected chi connectivity index (χ3v) is 4.33. The van der Waals surface area contributed by atoms with Crippen molar-refractivity contribution in [2.75, 3.05) is 32.0 Å². The van der Waals surface area contributed by atoms with Crippen LogP contribution in [0.3, 0.4) is 0 Å². The average Bonchev–Trinajstić information content (AvgIpc) is 3.22. The van der Waals surface area contributed by atoms with Gasteiger partial charge in [0.25, 0.3) is 0 Å². The normalized spacial score (nSPS) is 20.6. The highest BCUT2D eigenvalue weighted by molar-refractivity contribution is 5.78.